The molecular weight excluding hydrogens is 222 g/mol. The molecule has 0 aromatic carbocycles. The quantitative estimate of drug-likeness (QED) is 0.824. The van der Waals surface area contributed by atoms with Crippen molar-refractivity contribution in [2.45, 2.75) is 85.5 Å². The molecule has 0 spiro atoms. The van der Waals surface area contributed by atoms with E-state index >= 15 is 0 Å². The second-order valence-electron chi connectivity index (χ2n) is 7.38. The molecular formula is C16H33NO. The van der Waals surface area contributed by atoms with E-state index in [0.717, 1.165) is 18.3 Å². The fourth-order valence-corrected chi connectivity index (χ4v) is 2.99. The molecule has 0 aromatic rings. The van der Waals surface area contributed by atoms with Crippen LogP contribution in [0.3, 0.4) is 0 Å². The third-order valence-corrected chi connectivity index (χ3v) is 4.60. The van der Waals surface area contributed by atoms with E-state index in [1.165, 1.54) is 19.3 Å². The van der Waals surface area contributed by atoms with E-state index in [1.54, 1.807) is 0 Å². The van der Waals surface area contributed by atoms with Gasteiger partial charge in [-0.1, -0.05) is 41.5 Å². The Kier molecular flexibility index (Phi) is 5.67. The highest BCUT2D eigenvalue weighted by molar-refractivity contribution is 4.86. The molecule has 0 radical (unpaired) electrons. The van der Waals surface area contributed by atoms with Gasteiger partial charge in [-0.15, -0.1) is 0 Å². The van der Waals surface area contributed by atoms with Crippen LogP contribution in [0.2, 0.25) is 0 Å². The van der Waals surface area contributed by atoms with Gasteiger partial charge in [-0.2, -0.15) is 0 Å². The maximum absolute atomic E-state index is 6.40. The van der Waals surface area contributed by atoms with Crippen molar-refractivity contribution in [3.8, 4) is 0 Å². The number of nitrogens with two attached hydrogens (primary N) is 1. The minimum atomic E-state index is 0.127. The van der Waals surface area contributed by atoms with Crippen LogP contribution < -0.4 is 5.73 Å². The largest absolute Gasteiger partial charge is 0.373 e. The van der Waals surface area contributed by atoms with Gasteiger partial charge in [0.15, 0.2) is 0 Å². The first-order chi connectivity index (χ1) is 8.25. The van der Waals surface area contributed by atoms with Gasteiger partial charge in [0.05, 0.1) is 12.2 Å². The molecule has 1 fully saturated rings. The predicted octanol–water partition coefficient (Wildman–Crippen LogP) is 3.98. The first kappa shape index (κ1) is 16.0. The molecule has 18 heavy (non-hydrogen) atoms. The van der Waals surface area contributed by atoms with E-state index in [0.29, 0.717) is 6.10 Å². The first-order valence-corrected chi connectivity index (χ1v) is 7.66. The fourth-order valence-electron chi connectivity index (χ4n) is 2.99. The summed E-state index contributed by atoms with van der Waals surface area (Å²) in [5, 5.41) is 0. The molecule has 0 aromatic heterocycles. The number of hydrogen-bond donors (Lipinski definition) is 1. The van der Waals surface area contributed by atoms with Crippen molar-refractivity contribution in [1.29, 1.82) is 0 Å². The molecule has 5 atom stereocenters. The predicted molar refractivity (Wildman–Crippen MR) is 78.6 cm³/mol. The van der Waals surface area contributed by atoms with Gasteiger partial charge in [0, 0.05) is 6.04 Å². The van der Waals surface area contributed by atoms with E-state index in [1.807, 2.05) is 0 Å². The minimum absolute atomic E-state index is 0.127. The van der Waals surface area contributed by atoms with E-state index < -0.39 is 0 Å². The van der Waals surface area contributed by atoms with Crippen LogP contribution in [-0.4, -0.2) is 18.2 Å². The standard InChI is InChI=1S/C16H33NO/c1-7-14(17)15(16(4,5)6)18-13-9-8-11(2)12(3)10-13/h11-15H,7-10,17H2,1-6H3. The van der Waals surface area contributed by atoms with Crippen molar-refractivity contribution in [2.24, 2.45) is 23.0 Å². The molecule has 2 heteroatoms. The van der Waals surface area contributed by atoms with Gasteiger partial charge in [-0.25, -0.2) is 0 Å². The number of hydrogen-bond acceptors (Lipinski definition) is 2. The molecule has 1 aliphatic carbocycles. The van der Waals surface area contributed by atoms with Crippen molar-refractivity contribution in [2.75, 3.05) is 0 Å². The van der Waals surface area contributed by atoms with Crippen molar-refractivity contribution in [1.82, 2.24) is 0 Å². The highest BCUT2D eigenvalue weighted by Gasteiger charge is 2.34. The summed E-state index contributed by atoms with van der Waals surface area (Å²) in [6.45, 7) is 13.6. The zero-order chi connectivity index (χ0) is 13.9. The highest BCUT2D eigenvalue weighted by atomic mass is 16.5. The molecule has 5 unspecified atom stereocenters. The van der Waals surface area contributed by atoms with E-state index in [9.17, 15) is 0 Å². The average molecular weight is 255 g/mol. The topological polar surface area (TPSA) is 35.2 Å². The average Bonchev–Trinajstić information content (AvgIpc) is 2.28. The molecule has 1 aliphatic rings. The van der Waals surface area contributed by atoms with Gasteiger partial charge in [-0.05, 0) is 42.9 Å². The van der Waals surface area contributed by atoms with Gasteiger partial charge in [-0.3, -0.25) is 0 Å². The molecule has 1 rings (SSSR count). The van der Waals surface area contributed by atoms with Gasteiger partial charge in [0.1, 0.15) is 0 Å². The van der Waals surface area contributed by atoms with Crippen molar-refractivity contribution < 1.29 is 4.74 Å². The molecule has 0 aliphatic heterocycles. The SMILES string of the molecule is CCC(N)C(OC1CCC(C)C(C)C1)C(C)(C)C. The first-order valence-electron chi connectivity index (χ1n) is 7.66. The summed E-state index contributed by atoms with van der Waals surface area (Å²) in [5.41, 5.74) is 6.38. The van der Waals surface area contributed by atoms with E-state index in [4.69, 9.17) is 10.5 Å². The second kappa shape index (κ2) is 6.38. The van der Waals surface area contributed by atoms with Crippen molar-refractivity contribution >= 4 is 0 Å². The molecule has 1 saturated carbocycles. The highest BCUT2D eigenvalue weighted by Crippen LogP contribution is 2.34. The molecule has 0 heterocycles. The fraction of sp³-hybridized carbons (Fsp3) is 1.00. The minimum Gasteiger partial charge on any atom is -0.373 e. The molecule has 2 nitrogen and oxygen atoms in total. The van der Waals surface area contributed by atoms with Crippen LogP contribution in [0.1, 0.15) is 67.2 Å². The lowest BCUT2D eigenvalue weighted by Crippen LogP contribution is -2.47. The monoisotopic (exact) mass is 255 g/mol. The third kappa shape index (κ3) is 4.24. The summed E-state index contributed by atoms with van der Waals surface area (Å²) < 4.78 is 6.40. The Morgan fingerprint density at radius 3 is 2.22 bits per heavy atom. The van der Waals surface area contributed by atoms with Crippen LogP contribution in [0, 0.1) is 17.3 Å². The van der Waals surface area contributed by atoms with Gasteiger partial charge in [0.25, 0.3) is 0 Å². The van der Waals surface area contributed by atoms with Gasteiger partial charge in [0.2, 0.25) is 0 Å². The Balaban J connectivity index is 2.61. The van der Waals surface area contributed by atoms with E-state index in [2.05, 4.69) is 41.5 Å². The van der Waals surface area contributed by atoms with Crippen molar-refractivity contribution in [3.05, 3.63) is 0 Å². The van der Waals surface area contributed by atoms with Crippen LogP contribution in [0.25, 0.3) is 0 Å². The van der Waals surface area contributed by atoms with Crippen LogP contribution in [0.5, 0.6) is 0 Å². The lowest BCUT2D eigenvalue weighted by molar-refractivity contribution is -0.101. The van der Waals surface area contributed by atoms with Crippen LogP contribution >= 0.6 is 0 Å². The molecule has 0 saturated heterocycles. The van der Waals surface area contributed by atoms with Crippen LogP contribution in [0.4, 0.5) is 0 Å². The molecule has 0 bridgehead atoms. The molecule has 0 amide bonds. The van der Waals surface area contributed by atoms with E-state index in [-0.39, 0.29) is 17.6 Å². The number of rotatable bonds is 4. The lowest BCUT2D eigenvalue weighted by Gasteiger charge is -2.40. The van der Waals surface area contributed by atoms with Crippen molar-refractivity contribution in [3.63, 3.8) is 0 Å². The normalized spacial score (nSPS) is 33.2. The maximum atomic E-state index is 6.40. The zero-order valence-electron chi connectivity index (χ0n) is 13.2. The Morgan fingerprint density at radius 1 is 1.17 bits per heavy atom. The lowest BCUT2D eigenvalue weighted by atomic mass is 9.79. The molecule has 108 valence electrons. The van der Waals surface area contributed by atoms with Gasteiger partial charge < -0.3 is 10.5 Å². The Bertz CT molecular complexity index is 246. The Morgan fingerprint density at radius 2 is 1.78 bits per heavy atom. The van der Waals surface area contributed by atoms with Crippen LogP contribution in [0.15, 0.2) is 0 Å². The Hall–Kier alpha value is -0.0800. The van der Waals surface area contributed by atoms with Crippen LogP contribution in [-0.2, 0) is 4.74 Å². The smallest absolute Gasteiger partial charge is 0.0777 e. The molecule has 2 N–H and O–H groups in total. The summed E-state index contributed by atoms with van der Waals surface area (Å²) >= 11 is 0. The second-order valence-corrected chi connectivity index (χ2v) is 7.38. The summed E-state index contributed by atoms with van der Waals surface area (Å²) in [7, 11) is 0. The van der Waals surface area contributed by atoms with Gasteiger partial charge >= 0.3 is 0 Å². The maximum Gasteiger partial charge on any atom is 0.0777 e. The summed E-state index contributed by atoms with van der Waals surface area (Å²) in [4.78, 5) is 0. The third-order valence-electron chi connectivity index (χ3n) is 4.60. The zero-order valence-corrected chi connectivity index (χ0v) is 13.2. The summed E-state index contributed by atoms with van der Waals surface area (Å²) in [6, 6.07) is 0.152. The summed E-state index contributed by atoms with van der Waals surface area (Å²) in [6.07, 6.45) is 5.27. The Labute approximate surface area is 114 Å². The number of ether oxygens (including phenoxy) is 1. The summed E-state index contributed by atoms with van der Waals surface area (Å²) in [5.74, 6) is 1.63.